The SMILES string of the molecule is O=C(c1cccc([N+](=O)[O-])c1)[C@H]1[C@H](c2ccccc2Cl)C2(C(=O)c3ccccc3C2=O)[C@@H]2C=Cc3ccccc3N21. The van der Waals surface area contributed by atoms with E-state index in [0.717, 1.165) is 5.56 Å². The van der Waals surface area contributed by atoms with Gasteiger partial charge in [0.2, 0.25) is 0 Å². The summed E-state index contributed by atoms with van der Waals surface area (Å²) in [6.07, 6.45) is 3.71. The molecule has 2 aliphatic heterocycles. The van der Waals surface area contributed by atoms with E-state index in [1.165, 1.54) is 24.3 Å². The lowest BCUT2D eigenvalue weighted by molar-refractivity contribution is -0.384. The van der Waals surface area contributed by atoms with Gasteiger partial charge in [-0.2, -0.15) is 0 Å². The molecule has 41 heavy (non-hydrogen) atoms. The zero-order valence-corrected chi connectivity index (χ0v) is 22.2. The van der Waals surface area contributed by atoms with Crippen molar-refractivity contribution < 1.29 is 19.3 Å². The van der Waals surface area contributed by atoms with Gasteiger partial charge in [-0.25, -0.2) is 0 Å². The fraction of sp³-hybridized carbons (Fsp3) is 0.121. The molecule has 0 N–H and O–H groups in total. The monoisotopic (exact) mass is 560 g/mol. The van der Waals surface area contributed by atoms with Crippen LogP contribution in [0.3, 0.4) is 0 Å². The normalized spacial score (nSPS) is 21.5. The van der Waals surface area contributed by atoms with Crippen molar-refractivity contribution in [2.75, 3.05) is 4.90 Å². The maximum Gasteiger partial charge on any atom is 0.270 e. The maximum absolute atomic E-state index is 14.7. The molecule has 1 spiro atoms. The number of non-ortho nitro benzene ring substituents is 1. The molecule has 4 aromatic carbocycles. The van der Waals surface area contributed by atoms with Gasteiger partial charge in [0.15, 0.2) is 17.3 Å². The number of fused-ring (bicyclic) bond motifs is 5. The lowest BCUT2D eigenvalue weighted by Gasteiger charge is -2.37. The third-order valence-electron chi connectivity index (χ3n) is 8.56. The first-order valence-electron chi connectivity index (χ1n) is 13.1. The summed E-state index contributed by atoms with van der Waals surface area (Å²) in [5.74, 6) is -2.16. The van der Waals surface area contributed by atoms with Gasteiger partial charge in [-0.3, -0.25) is 24.5 Å². The molecule has 0 saturated carbocycles. The molecule has 1 aliphatic carbocycles. The summed E-state index contributed by atoms with van der Waals surface area (Å²) in [5.41, 5.74) is 0.816. The fourth-order valence-corrected chi connectivity index (χ4v) is 7.18. The molecule has 0 unspecified atom stereocenters. The van der Waals surface area contributed by atoms with Crippen LogP contribution in [0.5, 0.6) is 0 Å². The number of carbonyl (C=O) groups excluding carboxylic acids is 3. The Morgan fingerprint density at radius 1 is 0.854 bits per heavy atom. The van der Waals surface area contributed by atoms with Crippen molar-refractivity contribution in [2.24, 2.45) is 5.41 Å². The number of hydrogen-bond acceptors (Lipinski definition) is 6. The van der Waals surface area contributed by atoms with Crippen LogP contribution in [0.15, 0.2) is 103 Å². The second-order valence-electron chi connectivity index (χ2n) is 10.5. The summed E-state index contributed by atoms with van der Waals surface area (Å²) in [4.78, 5) is 56.8. The Morgan fingerprint density at radius 3 is 2.22 bits per heavy atom. The van der Waals surface area contributed by atoms with Gasteiger partial charge in [0.25, 0.3) is 5.69 Å². The Balaban J connectivity index is 1.55. The van der Waals surface area contributed by atoms with E-state index in [2.05, 4.69) is 0 Å². The highest BCUT2D eigenvalue weighted by Gasteiger charge is 2.71. The van der Waals surface area contributed by atoms with Crippen LogP contribution in [0, 0.1) is 15.5 Å². The van der Waals surface area contributed by atoms with Crippen LogP contribution in [-0.2, 0) is 0 Å². The minimum absolute atomic E-state index is 0.111. The minimum Gasteiger partial charge on any atom is -0.352 e. The smallest absolute Gasteiger partial charge is 0.270 e. The molecule has 2 heterocycles. The molecule has 0 radical (unpaired) electrons. The Morgan fingerprint density at radius 2 is 1.51 bits per heavy atom. The molecule has 7 rings (SSSR count). The highest BCUT2D eigenvalue weighted by atomic mass is 35.5. The quantitative estimate of drug-likeness (QED) is 0.121. The Hall–Kier alpha value is -4.88. The number of nitro groups is 1. The predicted molar refractivity (Wildman–Crippen MR) is 155 cm³/mol. The molecule has 3 aliphatic rings. The van der Waals surface area contributed by atoms with Gasteiger partial charge in [0.1, 0.15) is 11.5 Å². The van der Waals surface area contributed by atoms with Crippen LogP contribution in [0.4, 0.5) is 11.4 Å². The lowest BCUT2D eigenvalue weighted by Crippen LogP contribution is -2.48. The van der Waals surface area contributed by atoms with Crippen LogP contribution in [-0.4, -0.2) is 34.4 Å². The van der Waals surface area contributed by atoms with Gasteiger partial charge < -0.3 is 4.90 Å². The van der Waals surface area contributed by atoms with Crippen LogP contribution in [0.1, 0.15) is 48.1 Å². The molecule has 200 valence electrons. The first-order chi connectivity index (χ1) is 19.9. The van der Waals surface area contributed by atoms with E-state index in [4.69, 9.17) is 11.6 Å². The molecule has 1 fully saturated rings. The number of anilines is 1. The van der Waals surface area contributed by atoms with Gasteiger partial charge >= 0.3 is 0 Å². The number of benzene rings is 4. The number of halogens is 1. The minimum atomic E-state index is -1.69. The van der Waals surface area contributed by atoms with E-state index in [-0.39, 0.29) is 22.8 Å². The first-order valence-corrected chi connectivity index (χ1v) is 13.5. The van der Waals surface area contributed by atoms with Gasteiger partial charge in [0, 0.05) is 45.5 Å². The Labute approximate surface area is 239 Å². The van der Waals surface area contributed by atoms with E-state index >= 15 is 0 Å². The number of Topliss-reactive ketones (excluding diaryl/α,β-unsaturated/α-hetero) is 3. The highest BCUT2D eigenvalue weighted by Crippen LogP contribution is 2.61. The van der Waals surface area contributed by atoms with E-state index < -0.39 is 34.1 Å². The average Bonchev–Trinajstić information content (AvgIpc) is 3.43. The van der Waals surface area contributed by atoms with Crippen molar-refractivity contribution in [3.8, 4) is 0 Å². The molecule has 3 atom stereocenters. The second kappa shape index (κ2) is 9.08. The van der Waals surface area contributed by atoms with Crippen LogP contribution >= 0.6 is 11.6 Å². The molecule has 8 heteroatoms. The topological polar surface area (TPSA) is 97.6 Å². The summed E-state index contributed by atoms with van der Waals surface area (Å²) in [7, 11) is 0. The number of para-hydroxylation sites is 1. The van der Waals surface area contributed by atoms with E-state index in [0.29, 0.717) is 27.4 Å². The standard InChI is InChI=1S/C33H21ClN2O5/c34-25-14-5-4-13-24(25)28-29(30(37)20-9-7-10-21(18-20)36(40)41)35-26-15-6-1-8-19(26)16-17-27(35)33(28)31(38)22-11-2-3-12-23(22)32(33)39/h1-18,27-29H/t27-,28-,29+/m0/s1. The number of ketones is 3. The number of nitrogens with zero attached hydrogens (tertiary/aromatic N) is 2. The molecule has 0 amide bonds. The summed E-state index contributed by atoms with van der Waals surface area (Å²) in [5, 5.41) is 11.9. The summed E-state index contributed by atoms with van der Waals surface area (Å²) >= 11 is 6.79. The van der Waals surface area contributed by atoms with Crippen molar-refractivity contribution in [1.29, 1.82) is 0 Å². The number of rotatable bonds is 4. The van der Waals surface area contributed by atoms with Crippen molar-refractivity contribution in [1.82, 2.24) is 0 Å². The molecule has 0 bridgehead atoms. The zero-order valence-electron chi connectivity index (χ0n) is 21.4. The van der Waals surface area contributed by atoms with Crippen molar-refractivity contribution in [2.45, 2.75) is 18.0 Å². The van der Waals surface area contributed by atoms with Crippen LogP contribution in [0.2, 0.25) is 5.02 Å². The number of carbonyl (C=O) groups is 3. The molecule has 7 nitrogen and oxygen atoms in total. The summed E-state index contributed by atoms with van der Waals surface area (Å²) in [6.45, 7) is 0. The van der Waals surface area contributed by atoms with Crippen LogP contribution in [0.25, 0.3) is 6.08 Å². The average molecular weight is 561 g/mol. The third-order valence-corrected chi connectivity index (χ3v) is 8.91. The van der Waals surface area contributed by atoms with E-state index in [1.54, 1.807) is 48.5 Å². The van der Waals surface area contributed by atoms with Gasteiger partial charge in [-0.1, -0.05) is 96.5 Å². The van der Waals surface area contributed by atoms with E-state index in [9.17, 15) is 24.5 Å². The number of hydrogen-bond donors (Lipinski definition) is 0. The first kappa shape index (κ1) is 25.1. The largest absolute Gasteiger partial charge is 0.352 e. The summed E-state index contributed by atoms with van der Waals surface area (Å²) < 4.78 is 0. The van der Waals surface area contributed by atoms with Gasteiger partial charge in [0.05, 0.1) is 11.0 Å². The second-order valence-corrected chi connectivity index (χ2v) is 10.9. The number of nitro benzene ring substituents is 1. The molecular weight excluding hydrogens is 540 g/mol. The van der Waals surface area contributed by atoms with Crippen molar-refractivity contribution in [3.63, 3.8) is 0 Å². The van der Waals surface area contributed by atoms with Gasteiger partial charge in [-0.05, 0) is 23.3 Å². The van der Waals surface area contributed by atoms with Crippen molar-refractivity contribution >= 4 is 46.4 Å². The Bertz CT molecular complexity index is 1810. The Kier molecular flexibility index (Phi) is 5.56. The lowest BCUT2D eigenvalue weighted by atomic mass is 9.64. The highest BCUT2D eigenvalue weighted by molar-refractivity contribution is 6.34. The van der Waals surface area contributed by atoms with Crippen LogP contribution < -0.4 is 4.90 Å². The van der Waals surface area contributed by atoms with Gasteiger partial charge in [-0.15, -0.1) is 0 Å². The third kappa shape index (κ3) is 3.36. The predicted octanol–water partition coefficient (Wildman–Crippen LogP) is 6.56. The van der Waals surface area contributed by atoms with Crippen molar-refractivity contribution in [3.05, 3.63) is 146 Å². The fourth-order valence-electron chi connectivity index (χ4n) is 6.93. The van der Waals surface area contributed by atoms with E-state index in [1.807, 2.05) is 41.3 Å². The molecule has 0 aromatic heterocycles. The molecular formula is C33H21ClN2O5. The molecule has 1 saturated heterocycles. The summed E-state index contributed by atoms with van der Waals surface area (Å²) in [6, 6.07) is 24.8. The maximum atomic E-state index is 14.7. The molecule has 4 aromatic rings. The zero-order chi connectivity index (χ0) is 28.5.